The van der Waals surface area contributed by atoms with E-state index >= 15 is 0 Å². The summed E-state index contributed by atoms with van der Waals surface area (Å²) in [5.41, 5.74) is 0. The first kappa shape index (κ1) is 12.1. The summed E-state index contributed by atoms with van der Waals surface area (Å²) in [5, 5.41) is 0. The highest BCUT2D eigenvalue weighted by molar-refractivity contribution is 7.52. The second-order valence-electron chi connectivity index (χ2n) is 2.43. The molecule has 0 amide bonds. The summed E-state index contributed by atoms with van der Waals surface area (Å²) in [7, 11) is -1.25. The maximum atomic E-state index is 11.3. The van der Waals surface area contributed by atoms with Gasteiger partial charge in [-0.2, -0.15) is 0 Å². The Morgan fingerprint density at radius 2 is 1.75 bits per heavy atom. The Balaban J connectivity index is 3.49. The van der Waals surface area contributed by atoms with E-state index in [0.717, 1.165) is 6.42 Å². The molecule has 0 aromatic heterocycles. The molecule has 0 aliphatic carbocycles. The van der Waals surface area contributed by atoms with Crippen LogP contribution in [0.4, 0.5) is 0 Å². The van der Waals surface area contributed by atoms with Gasteiger partial charge in [0.25, 0.3) is 0 Å². The van der Waals surface area contributed by atoms with Gasteiger partial charge < -0.3 is 13.8 Å². The number of rotatable bonds is 7. The first-order valence-corrected chi connectivity index (χ1v) is 5.97. The maximum Gasteiger partial charge on any atom is 0.327 e. The summed E-state index contributed by atoms with van der Waals surface area (Å²) in [6.45, 7) is 4.65. The zero-order valence-electron chi connectivity index (χ0n) is 7.91. The third-order valence-electron chi connectivity index (χ3n) is 1.14. The van der Waals surface area contributed by atoms with Gasteiger partial charge >= 0.3 is 7.60 Å². The molecule has 0 aromatic rings. The van der Waals surface area contributed by atoms with Crippen molar-refractivity contribution in [3.05, 3.63) is 0 Å². The van der Waals surface area contributed by atoms with Gasteiger partial charge in [-0.3, -0.25) is 4.57 Å². The molecule has 0 saturated carbocycles. The van der Waals surface area contributed by atoms with Gasteiger partial charge in [0.15, 0.2) is 0 Å². The van der Waals surface area contributed by atoms with Gasteiger partial charge in [-0.05, 0) is 6.42 Å². The third-order valence-corrected chi connectivity index (χ3v) is 2.45. The van der Waals surface area contributed by atoms with Crippen molar-refractivity contribution in [2.45, 2.75) is 13.3 Å². The Hall–Kier alpha value is 0.110. The SMILES string of the molecule is CCCOP(C)(=O)OCCOC. The van der Waals surface area contributed by atoms with Gasteiger partial charge in [-0.15, -0.1) is 0 Å². The van der Waals surface area contributed by atoms with Crippen molar-refractivity contribution in [3.63, 3.8) is 0 Å². The summed E-state index contributed by atoms with van der Waals surface area (Å²) in [4.78, 5) is 0. The molecule has 0 aromatic carbocycles. The summed E-state index contributed by atoms with van der Waals surface area (Å²) in [6.07, 6.45) is 0.839. The van der Waals surface area contributed by atoms with Gasteiger partial charge in [-0.25, -0.2) is 0 Å². The summed E-state index contributed by atoms with van der Waals surface area (Å²) in [6, 6.07) is 0. The van der Waals surface area contributed by atoms with Gasteiger partial charge in [0.1, 0.15) is 0 Å². The molecule has 4 nitrogen and oxygen atoms in total. The molecule has 0 N–H and O–H groups in total. The normalized spacial score (nSPS) is 15.9. The van der Waals surface area contributed by atoms with E-state index in [2.05, 4.69) is 0 Å². The molecule has 0 saturated heterocycles. The molecule has 0 heterocycles. The molecule has 0 radical (unpaired) electrons. The third kappa shape index (κ3) is 6.80. The Labute approximate surface area is 73.7 Å². The fraction of sp³-hybridized carbons (Fsp3) is 1.00. The van der Waals surface area contributed by atoms with Crippen LogP contribution in [-0.2, 0) is 18.3 Å². The van der Waals surface area contributed by atoms with E-state index in [-0.39, 0.29) is 0 Å². The van der Waals surface area contributed by atoms with Gasteiger partial charge in [0, 0.05) is 13.8 Å². The standard InChI is InChI=1S/C7H17O4P/c1-4-5-10-12(3,8)11-7-6-9-2/h4-7H2,1-3H3. The molecule has 5 heteroatoms. The molecule has 0 aliphatic heterocycles. The molecule has 0 fully saturated rings. The first-order chi connectivity index (χ1) is 5.62. The van der Waals surface area contributed by atoms with Crippen LogP contribution in [0.25, 0.3) is 0 Å². The average molecular weight is 196 g/mol. The molecule has 1 atom stereocenters. The molecule has 0 aliphatic rings. The zero-order chi connectivity index (χ0) is 9.45. The molecule has 12 heavy (non-hydrogen) atoms. The predicted molar refractivity (Wildman–Crippen MR) is 47.6 cm³/mol. The lowest BCUT2D eigenvalue weighted by molar-refractivity contribution is 0.129. The van der Waals surface area contributed by atoms with Gasteiger partial charge in [0.05, 0.1) is 19.8 Å². The summed E-state index contributed by atoms with van der Waals surface area (Å²) in [5.74, 6) is 0. The van der Waals surface area contributed by atoms with Crippen molar-refractivity contribution in [1.29, 1.82) is 0 Å². The highest BCUT2D eigenvalue weighted by Gasteiger charge is 2.15. The topological polar surface area (TPSA) is 44.8 Å². The van der Waals surface area contributed by atoms with E-state index in [1.54, 1.807) is 7.11 Å². The van der Waals surface area contributed by atoms with E-state index in [1.807, 2.05) is 6.92 Å². The lowest BCUT2D eigenvalue weighted by Crippen LogP contribution is -2.02. The molecular formula is C7H17O4P. The molecule has 74 valence electrons. The van der Waals surface area contributed by atoms with E-state index < -0.39 is 7.60 Å². The van der Waals surface area contributed by atoms with E-state index in [0.29, 0.717) is 19.8 Å². The Morgan fingerprint density at radius 3 is 2.25 bits per heavy atom. The summed E-state index contributed by atoms with van der Waals surface area (Å²) < 4.78 is 26.1. The van der Waals surface area contributed by atoms with E-state index in [4.69, 9.17) is 13.8 Å². The van der Waals surface area contributed by atoms with Crippen LogP contribution in [0.1, 0.15) is 13.3 Å². The molecule has 0 spiro atoms. The van der Waals surface area contributed by atoms with E-state index in [1.165, 1.54) is 6.66 Å². The quantitative estimate of drug-likeness (QED) is 0.460. The highest BCUT2D eigenvalue weighted by Crippen LogP contribution is 2.43. The Bertz CT molecular complexity index is 148. The minimum atomic E-state index is -2.82. The van der Waals surface area contributed by atoms with Crippen LogP contribution in [0.5, 0.6) is 0 Å². The van der Waals surface area contributed by atoms with Crippen molar-refractivity contribution in [3.8, 4) is 0 Å². The first-order valence-electron chi connectivity index (χ1n) is 3.98. The number of methoxy groups -OCH3 is 1. The molecular weight excluding hydrogens is 179 g/mol. The minimum absolute atomic E-state index is 0.313. The van der Waals surface area contributed by atoms with Crippen molar-refractivity contribution < 1.29 is 18.3 Å². The molecule has 0 rings (SSSR count). The monoisotopic (exact) mass is 196 g/mol. The van der Waals surface area contributed by atoms with Crippen molar-refractivity contribution in [1.82, 2.24) is 0 Å². The lowest BCUT2D eigenvalue weighted by Gasteiger charge is -2.12. The smallest absolute Gasteiger partial charge is 0.327 e. The second-order valence-corrected chi connectivity index (χ2v) is 4.49. The average Bonchev–Trinajstić information content (AvgIpc) is 2.01. The summed E-state index contributed by atoms with van der Waals surface area (Å²) >= 11 is 0. The van der Waals surface area contributed by atoms with Crippen molar-refractivity contribution in [2.75, 3.05) is 33.6 Å². The number of hydrogen-bond acceptors (Lipinski definition) is 4. The van der Waals surface area contributed by atoms with Crippen LogP contribution in [0.2, 0.25) is 0 Å². The van der Waals surface area contributed by atoms with Crippen LogP contribution in [0, 0.1) is 0 Å². The minimum Gasteiger partial charge on any atom is -0.382 e. The zero-order valence-corrected chi connectivity index (χ0v) is 8.80. The lowest BCUT2D eigenvalue weighted by atomic mass is 10.5. The van der Waals surface area contributed by atoms with Crippen LogP contribution in [-0.4, -0.2) is 33.6 Å². The fourth-order valence-electron chi connectivity index (χ4n) is 0.581. The number of hydrogen-bond donors (Lipinski definition) is 0. The van der Waals surface area contributed by atoms with Gasteiger partial charge in [0.2, 0.25) is 0 Å². The second kappa shape index (κ2) is 6.61. The molecule has 1 unspecified atom stereocenters. The maximum absolute atomic E-state index is 11.3. The van der Waals surface area contributed by atoms with Crippen LogP contribution in [0.15, 0.2) is 0 Å². The van der Waals surface area contributed by atoms with E-state index in [9.17, 15) is 4.57 Å². The Morgan fingerprint density at radius 1 is 1.17 bits per heavy atom. The number of ether oxygens (including phenoxy) is 1. The predicted octanol–water partition coefficient (Wildman–Crippen LogP) is 1.90. The highest BCUT2D eigenvalue weighted by atomic mass is 31.2. The van der Waals surface area contributed by atoms with Crippen molar-refractivity contribution in [2.24, 2.45) is 0 Å². The largest absolute Gasteiger partial charge is 0.382 e. The Kier molecular flexibility index (Phi) is 6.67. The van der Waals surface area contributed by atoms with Crippen LogP contribution >= 0.6 is 7.60 Å². The fourth-order valence-corrected chi connectivity index (χ4v) is 1.58. The molecule has 0 bridgehead atoms. The van der Waals surface area contributed by atoms with Crippen molar-refractivity contribution >= 4 is 7.60 Å². The van der Waals surface area contributed by atoms with Gasteiger partial charge in [-0.1, -0.05) is 6.92 Å². The van der Waals surface area contributed by atoms with Crippen LogP contribution < -0.4 is 0 Å². The van der Waals surface area contributed by atoms with Crippen LogP contribution in [0.3, 0.4) is 0 Å².